The van der Waals surface area contributed by atoms with Gasteiger partial charge in [-0.25, -0.2) is 4.79 Å². The van der Waals surface area contributed by atoms with Crippen molar-refractivity contribution < 1.29 is 24.2 Å². The number of aromatic nitrogens is 1. The van der Waals surface area contributed by atoms with Crippen molar-refractivity contribution in [1.29, 1.82) is 0 Å². The Balaban J connectivity index is 0.00000166. The summed E-state index contributed by atoms with van der Waals surface area (Å²) in [5.74, 6) is -2.78. The third-order valence-corrected chi connectivity index (χ3v) is 4.69. The van der Waals surface area contributed by atoms with Gasteiger partial charge in [0.1, 0.15) is 5.76 Å². The first-order valence-electron chi connectivity index (χ1n) is 10.3. The van der Waals surface area contributed by atoms with Crippen molar-refractivity contribution >= 4 is 29.5 Å². The molecule has 7 heteroatoms. The minimum absolute atomic E-state index is 0.175. The Hall–Kier alpha value is -3.61. The van der Waals surface area contributed by atoms with Crippen LogP contribution in [0.25, 0.3) is 11.8 Å². The number of Topliss-reactive ketones (excluding diaryl/α,β-unsaturated/α-hetero) is 1. The lowest BCUT2D eigenvalue weighted by atomic mass is 10.1. The number of ether oxygens (including phenoxy) is 1. The molecule has 2 aromatic rings. The van der Waals surface area contributed by atoms with Gasteiger partial charge in [-0.2, -0.15) is 0 Å². The predicted octanol–water partition coefficient (Wildman–Crippen LogP) is 1.74. The molecule has 1 aliphatic carbocycles. The number of carbonyl (C=O) groups is 3. The van der Waals surface area contributed by atoms with Crippen LogP contribution in [-0.4, -0.2) is 33.9 Å². The minimum atomic E-state index is -1.14. The van der Waals surface area contributed by atoms with E-state index in [2.05, 4.69) is 0 Å². The van der Waals surface area contributed by atoms with E-state index in [1.165, 1.54) is 0 Å². The minimum Gasteiger partial charge on any atom is -0.481 e. The monoisotopic (exact) mass is 424 g/mol. The van der Waals surface area contributed by atoms with E-state index in [-0.39, 0.29) is 11.3 Å². The maximum Gasteiger partial charge on any atom is 0.341 e. The van der Waals surface area contributed by atoms with Gasteiger partial charge in [-0.15, -0.1) is 0 Å². The normalized spacial score (nSPS) is 12.0. The summed E-state index contributed by atoms with van der Waals surface area (Å²) in [4.78, 5) is 35.5. The number of nitrogens with two attached hydrogens (primary N) is 1. The molecule has 1 heterocycles. The molecule has 31 heavy (non-hydrogen) atoms. The van der Waals surface area contributed by atoms with Crippen LogP contribution in [0, 0.1) is 0 Å². The topological polar surface area (TPSA) is 112 Å². The van der Waals surface area contributed by atoms with Crippen molar-refractivity contribution in [3.8, 4) is 0 Å². The molecular weight excluding hydrogens is 396 g/mol. The van der Waals surface area contributed by atoms with Gasteiger partial charge in [-0.3, -0.25) is 9.59 Å². The van der Waals surface area contributed by atoms with E-state index in [9.17, 15) is 14.4 Å². The predicted molar refractivity (Wildman–Crippen MR) is 119 cm³/mol. The van der Waals surface area contributed by atoms with Gasteiger partial charge in [0, 0.05) is 17.6 Å². The number of fused-ring (bicyclic) bond motifs is 1. The first-order chi connectivity index (χ1) is 14.9. The van der Waals surface area contributed by atoms with Crippen LogP contribution in [0.5, 0.6) is 0 Å². The van der Waals surface area contributed by atoms with Crippen LogP contribution in [0.3, 0.4) is 0 Å². The van der Waals surface area contributed by atoms with Gasteiger partial charge in [-0.1, -0.05) is 63.3 Å². The zero-order chi connectivity index (χ0) is 23.0. The van der Waals surface area contributed by atoms with Crippen LogP contribution < -0.4 is 16.3 Å². The molecule has 1 aromatic carbocycles. The third kappa shape index (κ3) is 5.31. The van der Waals surface area contributed by atoms with Gasteiger partial charge < -0.3 is 20.1 Å². The standard InChI is InChI=1S/C22H22N2O5.C2H6/c1-2-15-20(21(27)22(23)28)19-16(24(15)12-14-8-4-3-5-9-14)10-6-7-11-17(19)29-13-18(25)26;1-2/h3-5,7-11H,2,6,12-13H2,1H3,(H2,23,28)(H,25,26);1-2H3. The molecular formula is C24H28N2O5. The van der Waals surface area contributed by atoms with E-state index < -0.39 is 24.3 Å². The molecule has 3 N–H and O–H groups in total. The Morgan fingerprint density at radius 1 is 1.16 bits per heavy atom. The van der Waals surface area contributed by atoms with Crippen molar-refractivity contribution in [1.82, 2.24) is 4.57 Å². The van der Waals surface area contributed by atoms with Gasteiger partial charge in [0.05, 0.1) is 10.8 Å². The van der Waals surface area contributed by atoms with E-state index >= 15 is 0 Å². The molecule has 0 radical (unpaired) electrons. The van der Waals surface area contributed by atoms with E-state index in [0.29, 0.717) is 35.6 Å². The lowest BCUT2D eigenvalue weighted by molar-refractivity contribution is -0.140. The molecule has 0 bridgehead atoms. The number of carbonyl (C=O) groups excluding carboxylic acids is 2. The number of primary amides is 1. The Labute approximate surface area is 181 Å². The fourth-order valence-electron chi connectivity index (χ4n) is 3.53. The van der Waals surface area contributed by atoms with E-state index in [1.54, 1.807) is 6.08 Å². The van der Waals surface area contributed by atoms with Crippen molar-refractivity contribution in [2.24, 2.45) is 5.73 Å². The molecule has 0 unspecified atom stereocenters. The zero-order valence-corrected chi connectivity index (χ0v) is 18.1. The van der Waals surface area contributed by atoms with Crippen molar-refractivity contribution in [2.45, 2.75) is 40.2 Å². The van der Waals surface area contributed by atoms with Crippen LogP contribution in [0.2, 0.25) is 0 Å². The van der Waals surface area contributed by atoms with Gasteiger partial charge in [0.2, 0.25) is 0 Å². The fraction of sp³-hybridized carbons (Fsp3) is 0.292. The Morgan fingerprint density at radius 3 is 2.42 bits per heavy atom. The van der Waals surface area contributed by atoms with Crippen LogP contribution in [0.1, 0.15) is 48.8 Å². The van der Waals surface area contributed by atoms with Crippen LogP contribution in [0.4, 0.5) is 0 Å². The molecule has 0 fully saturated rings. The van der Waals surface area contributed by atoms with E-state index in [4.69, 9.17) is 15.6 Å². The summed E-state index contributed by atoms with van der Waals surface area (Å²) in [5, 5.41) is 10.1. The summed E-state index contributed by atoms with van der Waals surface area (Å²) in [7, 11) is 0. The van der Waals surface area contributed by atoms with Crippen molar-refractivity contribution in [3.05, 3.63) is 69.9 Å². The highest BCUT2D eigenvalue weighted by molar-refractivity contribution is 6.42. The molecule has 1 aromatic heterocycles. The van der Waals surface area contributed by atoms with Gasteiger partial charge in [0.15, 0.2) is 6.61 Å². The number of hydrogen-bond acceptors (Lipinski definition) is 4. The summed E-state index contributed by atoms with van der Waals surface area (Å²) in [6.45, 7) is 5.82. The SMILES string of the molecule is CC.CCc1c(C(=O)C(N)=O)c2c(n1Cc1ccccc1)=CCC=CC=2OCC(=O)O. The van der Waals surface area contributed by atoms with Crippen molar-refractivity contribution in [2.75, 3.05) is 6.61 Å². The number of nitrogens with zero attached hydrogens (tertiary/aromatic N) is 1. The Morgan fingerprint density at radius 2 is 1.84 bits per heavy atom. The van der Waals surface area contributed by atoms with Crippen LogP contribution in [-0.2, 0) is 27.3 Å². The molecule has 0 saturated carbocycles. The third-order valence-electron chi connectivity index (χ3n) is 4.69. The summed E-state index contributed by atoms with van der Waals surface area (Å²) >= 11 is 0. The first kappa shape index (κ1) is 23.7. The van der Waals surface area contributed by atoms with E-state index in [0.717, 1.165) is 5.56 Å². The highest BCUT2D eigenvalue weighted by Crippen LogP contribution is 2.13. The quantitative estimate of drug-likeness (QED) is 0.495. The molecule has 3 rings (SSSR count). The highest BCUT2D eigenvalue weighted by Gasteiger charge is 2.26. The molecule has 0 saturated heterocycles. The second-order valence-corrected chi connectivity index (χ2v) is 6.59. The number of benzene rings is 1. The lowest BCUT2D eigenvalue weighted by Crippen LogP contribution is -2.36. The Kier molecular flexibility index (Phi) is 8.37. The molecule has 1 aliphatic rings. The molecule has 0 aliphatic heterocycles. The Bertz CT molecular complexity index is 1110. The molecule has 164 valence electrons. The lowest BCUT2D eigenvalue weighted by Gasteiger charge is -2.10. The average Bonchev–Trinajstić information content (AvgIpc) is 2.92. The van der Waals surface area contributed by atoms with Gasteiger partial charge >= 0.3 is 5.97 Å². The number of hydrogen-bond donors (Lipinski definition) is 2. The van der Waals surface area contributed by atoms with Crippen LogP contribution in [0.15, 0.2) is 42.5 Å². The van der Waals surface area contributed by atoms with Gasteiger partial charge in [-0.05, 0) is 24.5 Å². The molecule has 0 spiro atoms. The molecule has 7 nitrogen and oxygen atoms in total. The summed E-state index contributed by atoms with van der Waals surface area (Å²) in [6, 6.07) is 9.72. The number of amides is 1. The fourth-order valence-corrected chi connectivity index (χ4v) is 3.53. The number of carboxylic acids is 1. The largest absolute Gasteiger partial charge is 0.481 e. The summed E-state index contributed by atoms with van der Waals surface area (Å²) in [5.41, 5.74) is 7.18. The van der Waals surface area contributed by atoms with Crippen LogP contribution >= 0.6 is 0 Å². The van der Waals surface area contributed by atoms with Crippen molar-refractivity contribution in [3.63, 3.8) is 0 Å². The molecule has 1 amide bonds. The number of ketones is 1. The number of aliphatic carboxylic acids is 1. The maximum absolute atomic E-state index is 12.7. The second-order valence-electron chi connectivity index (χ2n) is 6.59. The second kappa shape index (κ2) is 11.0. The summed E-state index contributed by atoms with van der Waals surface area (Å²) in [6.07, 6.45) is 6.43. The van der Waals surface area contributed by atoms with Gasteiger partial charge in [0.25, 0.3) is 11.7 Å². The number of carboxylic acid groups (broad SMARTS) is 1. The zero-order valence-electron chi connectivity index (χ0n) is 18.1. The first-order valence-corrected chi connectivity index (χ1v) is 10.3. The smallest absolute Gasteiger partial charge is 0.341 e. The number of allylic oxidation sites excluding steroid dienone is 1. The maximum atomic E-state index is 12.7. The highest BCUT2D eigenvalue weighted by atomic mass is 16.5. The number of rotatable bonds is 8. The summed E-state index contributed by atoms with van der Waals surface area (Å²) < 4.78 is 7.45. The van der Waals surface area contributed by atoms with E-state index in [1.807, 2.05) is 67.8 Å². The molecule has 0 atom stereocenters. The average molecular weight is 424 g/mol.